The zero-order valence-electron chi connectivity index (χ0n) is 24.7. The predicted octanol–water partition coefficient (Wildman–Crippen LogP) is 9.90. The van der Waals surface area contributed by atoms with Crippen molar-refractivity contribution in [2.45, 2.75) is 79.1 Å². The first kappa shape index (κ1) is 29.1. The quantitative estimate of drug-likeness (QED) is 0.199. The Morgan fingerprint density at radius 3 is 1.38 bits per heavy atom. The van der Waals surface area contributed by atoms with Crippen LogP contribution < -0.4 is 0 Å². The lowest BCUT2D eigenvalue weighted by molar-refractivity contribution is 0.467. The highest BCUT2D eigenvalue weighted by Crippen LogP contribution is 2.35. The first-order valence-electron chi connectivity index (χ1n) is 14.6. The van der Waals surface area contributed by atoms with E-state index in [0.717, 1.165) is 47.6 Å². The third-order valence-corrected chi connectivity index (χ3v) is 8.13. The Labute approximate surface area is 239 Å². The summed E-state index contributed by atoms with van der Waals surface area (Å²) >= 11 is 0. The van der Waals surface area contributed by atoms with E-state index in [0.29, 0.717) is 34.3 Å². The molecular formula is C36H42N2O2. The van der Waals surface area contributed by atoms with Crippen LogP contribution >= 0.6 is 0 Å². The second kappa shape index (κ2) is 13.0. The molecule has 0 fully saturated rings. The smallest absolute Gasteiger partial charge is 0.127 e. The Bertz CT molecular complexity index is 1430. The van der Waals surface area contributed by atoms with Crippen molar-refractivity contribution in [3.63, 3.8) is 0 Å². The van der Waals surface area contributed by atoms with Gasteiger partial charge in [-0.05, 0) is 94.8 Å². The minimum Gasteiger partial charge on any atom is -0.507 e. The van der Waals surface area contributed by atoms with Gasteiger partial charge in [0.1, 0.15) is 11.5 Å². The van der Waals surface area contributed by atoms with E-state index in [4.69, 9.17) is 9.98 Å². The summed E-state index contributed by atoms with van der Waals surface area (Å²) in [4.78, 5) is 9.71. The number of rotatable bonds is 10. The van der Waals surface area contributed by atoms with Gasteiger partial charge in [0, 0.05) is 23.6 Å². The predicted molar refractivity (Wildman–Crippen MR) is 171 cm³/mol. The monoisotopic (exact) mass is 534 g/mol. The van der Waals surface area contributed by atoms with Crippen LogP contribution in [-0.2, 0) is 12.8 Å². The average molecular weight is 535 g/mol. The molecule has 0 aliphatic rings. The summed E-state index contributed by atoms with van der Waals surface area (Å²) in [7, 11) is 0. The molecule has 4 aromatic rings. The normalized spacial score (nSPS) is 13.4. The van der Waals surface area contributed by atoms with E-state index < -0.39 is 0 Å². The molecule has 4 rings (SSSR count). The number of fused-ring (bicyclic) bond motifs is 1. The van der Waals surface area contributed by atoms with Crippen LogP contribution in [0.5, 0.6) is 11.5 Å². The minimum absolute atomic E-state index is 0.281. The Morgan fingerprint density at radius 2 is 1.02 bits per heavy atom. The summed E-state index contributed by atoms with van der Waals surface area (Å²) in [5.41, 5.74) is 7.11. The van der Waals surface area contributed by atoms with Gasteiger partial charge in [0.25, 0.3) is 0 Å². The number of aromatic hydroxyl groups is 2. The molecule has 0 heterocycles. The highest BCUT2D eigenvalue weighted by Gasteiger charge is 2.13. The summed E-state index contributed by atoms with van der Waals surface area (Å²) in [6.07, 6.45) is 7.06. The molecule has 2 atom stereocenters. The lowest BCUT2D eigenvalue weighted by Gasteiger charge is -2.14. The molecular weight excluding hydrogens is 492 g/mol. The van der Waals surface area contributed by atoms with Crippen molar-refractivity contribution in [1.82, 2.24) is 0 Å². The fraction of sp³-hybridized carbons (Fsp3) is 0.333. The molecule has 208 valence electrons. The lowest BCUT2D eigenvalue weighted by atomic mass is 9.93. The Balaban J connectivity index is 1.82. The number of aryl methyl sites for hydroxylation is 2. The minimum atomic E-state index is 0.281. The van der Waals surface area contributed by atoms with Crippen LogP contribution in [0.2, 0.25) is 0 Å². The zero-order chi connectivity index (χ0) is 28.8. The van der Waals surface area contributed by atoms with Crippen LogP contribution in [-0.4, -0.2) is 22.6 Å². The van der Waals surface area contributed by atoms with Crippen molar-refractivity contribution in [2.24, 2.45) is 9.98 Å². The van der Waals surface area contributed by atoms with Crippen LogP contribution in [0.3, 0.4) is 0 Å². The van der Waals surface area contributed by atoms with Gasteiger partial charge in [-0.3, -0.25) is 9.98 Å². The van der Waals surface area contributed by atoms with Gasteiger partial charge in [0.05, 0.1) is 11.4 Å². The molecule has 0 spiro atoms. The number of hydrogen-bond acceptors (Lipinski definition) is 4. The molecule has 0 radical (unpaired) electrons. The van der Waals surface area contributed by atoms with Crippen LogP contribution in [0.1, 0.15) is 99.6 Å². The molecule has 2 unspecified atom stereocenters. The van der Waals surface area contributed by atoms with Crippen molar-refractivity contribution in [3.05, 3.63) is 94.0 Å². The molecule has 0 aliphatic heterocycles. The van der Waals surface area contributed by atoms with E-state index in [9.17, 15) is 10.2 Å². The van der Waals surface area contributed by atoms with Crippen LogP contribution in [0, 0.1) is 0 Å². The van der Waals surface area contributed by atoms with Crippen molar-refractivity contribution in [2.75, 3.05) is 0 Å². The SMILES string of the molecule is CCc1cc(C(C)CC)cc(C=Nc2cc3ccccc3cc2N=Cc2cc(C(C)CC)cc(CC)c2O)c1O. The molecule has 0 saturated carbocycles. The van der Waals surface area contributed by atoms with Gasteiger partial charge in [-0.25, -0.2) is 0 Å². The standard InChI is InChI=1S/C36H42N2O2/c1-7-23(5)29-15-25(9-3)35(39)31(17-29)21-37-33-19-27-13-11-12-14-28(27)20-34(33)38-22-32-18-30(24(6)8-2)16-26(10-4)36(32)40/h11-24,39-40H,7-10H2,1-6H3. The van der Waals surface area contributed by atoms with Gasteiger partial charge in [-0.15, -0.1) is 0 Å². The maximum atomic E-state index is 11.0. The highest BCUT2D eigenvalue weighted by molar-refractivity contribution is 5.96. The molecule has 0 bridgehead atoms. The van der Waals surface area contributed by atoms with Crippen LogP contribution in [0.25, 0.3) is 10.8 Å². The third kappa shape index (κ3) is 6.28. The van der Waals surface area contributed by atoms with Crippen molar-refractivity contribution < 1.29 is 10.2 Å². The number of nitrogens with zero attached hydrogens (tertiary/aromatic N) is 2. The van der Waals surface area contributed by atoms with Crippen LogP contribution in [0.4, 0.5) is 11.4 Å². The summed E-state index contributed by atoms with van der Waals surface area (Å²) in [5, 5.41) is 24.1. The van der Waals surface area contributed by atoms with E-state index in [2.05, 4.69) is 65.8 Å². The second-order valence-corrected chi connectivity index (χ2v) is 10.8. The van der Waals surface area contributed by atoms with Gasteiger partial charge in [-0.1, -0.05) is 77.9 Å². The summed E-state index contributed by atoms with van der Waals surface area (Å²) in [6.45, 7) is 12.9. The molecule has 0 amide bonds. The summed E-state index contributed by atoms with van der Waals surface area (Å²) in [5.74, 6) is 1.35. The largest absolute Gasteiger partial charge is 0.507 e. The number of benzene rings is 4. The fourth-order valence-electron chi connectivity index (χ4n) is 4.97. The van der Waals surface area contributed by atoms with Gasteiger partial charge >= 0.3 is 0 Å². The van der Waals surface area contributed by atoms with Gasteiger partial charge < -0.3 is 10.2 Å². The van der Waals surface area contributed by atoms with E-state index in [-0.39, 0.29) is 11.5 Å². The second-order valence-electron chi connectivity index (χ2n) is 10.8. The van der Waals surface area contributed by atoms with E-state index in [1.165, 1.54) is 11.1 Å². The van der Waals surface area contributed by atoms with E-state index in [1.54, 1.807) is 12.4 Å². The zero-order valence-corrected chi connectivity index (χ0v) is 24.7. The van der Waals surface area contributed by atoms with Gasteiger partial charge in [0.15, 0.2) is 0 Å². The number of phenolic OH excluding ortho intramolecular Hbond substituents is 2. The maximum Gasteiger partial charge on any atom is 0.127 e. The van der Waals surface area contributed by atoms with Gasteiger partial charge in [-0.2, -0.15) is 0 Å². The molecule has 4 heteroatoms. The summed E-state index contributed by atoms with van der Waals surface area (Å²) < 4.78 is 0. The summed E-state index contributed by atoms with van der Waals surface area (Å²) in [6, 6.07) is 20.5. The van der Waals surface area contributed by atoms with Crippen molar-refractivity contribution in [3.8, 4) is 11.5 Å². The first-order chi connectivity index (χ1) is 19.3. The molecule has 4 nitrogen and oxygen atoms in total. The molecule has 0 aromatic heterocycles. The lowest BCUT2D eigenvalue weighted by Crippen LogP contribution is -1.98. The first-order valence-corrected chi connectivity index (χ1v) is 14.6. The Kier molecular flexibility index (Phi) is 9.42. The topological polar surface area (TPSA) is 65.2 Å². The molecule has 4 aromatic carbocycles. The number of phenols is 2. The molecule has 0 aliphatic carbocycles. The molecule has 2 N–H and O–H groups in total. The fourth-order valence-corrected chi connectivity index (χ4v) is 4.97. The van der Waals surface area contributed by atoms with Crippen molar-refractivity contribution >= 4 is 34.6 Å². The average Bonchev–Trinajstić information content (AvgIpc) is 2.98. The Morgan fingerprint density at radius 1 is 0.625 bits per heavy atom. The van der Waals surface area contributed by atoms with Gasteiger partial charge in [0.2, 0.25) is 0 Å². The number of aliphatic imine (C=N–C) groups is 2. The van der Waals surface area contributed by atoms with Crippen molar-refractivity contribution in [1.29, 1.82) is 0 Å². The van der Waals surface area contributed by atoms with E-state index in [1.807, 2.05) is 36.4 Å². The highest BCUT2D eigenvalue weighted by atomic mass is 16.3. The molecule has 0 saturated heterocycles. The number of hydrogen-bond donors (Lipinski definition) is 2. The molecule has 40 heavy (non-hydrogen) atoms. The van der Waals surface area contributed by atoms with Crippen LogP contribution in [0.15, 0.2) is 70.6 Å². The van der Waals surface area contributed by atoms with E-state index >= 15 is 0 Å². The Hall–Kier alpha value is -3.92. The maximum absolute atomic E-state index is 11.0. The third-order valence-electron chi connectivity index (χ3n) is 8.13.